The number of hydrogen-bond donors (Lipinski definition) is 0. The Morgan fingerprint density at radius 3 is 1.89 bits per heavy atom. The molecule has 1 atom stereocenters. The van der Waals surface area contributed by atoms with Crippen LogP contribution in [-0.2, 0) is 4.74 Å². The Bertz CT molecular complexity index is 1340. The number of ether oxygens (including phenoxy) is 3. The number of unbranched alkanes of at least 4 members (excludes halogenated alkanes) is 8. The normalized spacial score (nSPS) is 11.8. The molecule has 0 aliphatic heterocycles. The molecular formula is C37H47FN2O5. The highest BCUT2D eigenvalue weighted by atomic mass is 19.1. The van der Waals surface area contributed by atoms with Gasteiger partial charge in [-0.3, -0.25) is 0 Å². The molecule has 0 aliphatic rings. The molecule has 242 valence electrons. The largest absolute Gasteiger partial charge is 0.494 e. The summed E-state index contributed by atoms with van der Waals surface area (Å²) in [6.45, 7) is 7.02. The third kappa shape index (κ3) is 12.8. The SMILES string of the molecule is CCCCCCCCOc1ccc(N=Nc2ccc(C(=O)Oc3ccc(C(=O)O[C@@H](CC)CCCCCC)cc3F)cc2)cc1. The number of carbonyl (C=O) groups excluding carboxylic acids is 2. The lowest BCUT2D eigenvalue weighted by Gasteiger charge is -2.16. The second-order valence-corrected chi connectivity index (χ2v) is 11.2. The summed E-state index contributed by atoms with van der Waals surface area (Å²) in [7, 11) is 0. The Labute approximate surface area is 267 Å². The molecule has 3 aromatic carbocycles. The molecule has 0 unspecified atom stereocenters. The van der Waals surface area contributed by atoms with Gasteiger partial charge in [-0.1, -0.05) is 72.1 Å². The maximum absolute atomic E-state index is 14.8. The summed E-state index contributed by atoms with van der Waals surface area (Å²) >= 11 is 0. The third-order valence-corrected chi connectivity index (χ3v) is 7.47. The third-order valence-electron chi connectivity index (χ3n) is 7.47. The number of rotatable bonds is 20. The summed E-state index contributed by atoms with van der Waals surface area (Å²) < 4.78 is 31.4. The summed E-state index contributed by atoms with van der Waals surface area (Å²) in [4.78, 5) is 25.2. The van der Waals surface area contributed by atoms with Crippen molar-refractivity contribution >= 4 is 23.3 Å². The lowest BCUT2D eigenvalue weighted by molar-refractivity contribution is 0.0266. The summed E-state index contributed by atoms with van der Waals surface area (Å²) in [5, 5.41) is 8.46. The smallest absolute Gasteiger partial charge is 0.343 e. The van der Waals surface area contributed by atoms with Gasteiger partial charge in [-0.05, 0) is 92.4 Å². The average molecular weight is 619 g/mol. The van der Waals surface area contributed by atoms with E-state index in [0.29, 0.717) is 24.4 Å². The second-order valence-electron chi connectivity index (χ2n) is 11.2. The molecule has 0 saturated carbocycles. The highest BCUT2D eigenvalue weighted by molar-refractivity contribution is 5.92. The van der Waals surface area contributed by atoms with E-state index in [-0.39, 0.29) is 23.0 Å². The zero-order valence-corrected chi connectivity index (χ0v) is 26.9. The van der Waals surface area contributed by atoms with Crippen molar-refractivity contribution in [1.82, 2.24) is 0 Å². The topological polar surface area (TPSA) is 86.5 Å². The summed E-state index contributed by atoms with van der Waals surface area (Å²) in [5.74, 6) is -1.62. The Morgan fingerprint density at radius 1 is 0.689 bits per heavy atom. The second kappa shape index (κ2) is 20.1. The quantitative estimate of drug-likeness (QED) is 0.0544. The van der Waals surface area contributed by atoms with Crippen LogP contribution in [0.1, 0.15) is 119 Å². The van der Waals surface area contributed by atoms with Crippen LogP contribution in [0, 0.1) is 5.82 Å². The van der Waals surface area contributed by atoms with E-state index in [9.17, 15) is 14.0 Å². The summed E-state index contributed by atoms with van der Waals surface area (Å²) in [5.41, 5.74) is 1.51. The van der Waals surface area contributed by atoms with Crippen LogP contribution >= 0.6 is 0 Å². The van der Waals surface area contributed by atoms with Crippen LogP contribution in [0.5, 0.6) is 11.5 Å². The van der Waals surface area contributed by atoms with Gasteiger partial charge in [0.15, 0.2) is 11.6 Å². The fourth-order valence-electron chi connectivity index (χ4n) is 4.70. The molecule has 0 amide bonds. The van der Waals surface area contributed by atoms with Crippen molar-refractivity contribution in [3.63, 3.8) is 0 Å². The van der Waals surface area contributed by atoms with Crippen LogP contribution < -0.4 is 9.47 Å². The van der Waals surface area contributed by atoms with Gasteiger partial charge in [0.05, 0.1) is 29.1 Å². The molecule has 0 N–H and O–H groups in total. The Hall–Kier alpha value is -4.07. The first-order valence-corrected chi connectivity index (χ1v) is 16.4. The maximum Gasteiger partial charge on any atom is 0.343 e. The van der Waals surface area contributed by atoms with E-state index in [0.717, 1.165) is 50.3 Å². The molecule has 0 fully saturated rings. The van der Waals surface area contributed by atoms with E-state index in [2.05, 4.69) is 24.1 Å². The number of nitrogens with zero attached hydrogens (tertiary/aromatic N) is 2. The van der Waals surface area contributed by atoms with Gasteiger partial charge in [-0.25, -0.2) is 14.0 Å². The average Bonchev–Trinajstić information content (AvgIpc) is 3.06. The van der Waals surface area contributed by atoms with E-state index in [1.54, 1.807) is 12.1 Å². The van der Waals surface area contributed by atoms with Crippen LogP contribution in [-0.4, -0.2) is 24.6 Å². The Morgan fingerprint density at radius 2 is 1.27 bits per heavy atom. The number of hydrogen-bond acceptors (Lipinski definition) is 7. The van der Waals surface area contributed by atoms with Crippen LogP contribution in [0.2, 0.25) is 0 Å². The number of azo groups is 1. The minimum absolute atomic E-state index is 0.0735. The van der Waals surface area contributed by atoms with Crippen molar-refractivity contribution < 1.29 is 28.2 Å². The highest BCUT2D eigenvalue weighted by Gasteiger charge is 2.18. The van der Waals surface area contributed by atoms with Crippen molar-refractivity contribution in [2.75, 3.05) is 6.61 Å². The van der Waals surface area contributed by atoms with E-state index in [1.807, 2.05) is 31.2 Å². The van der Waals surface area contributed by atoms with E-state index >= 15 is 0 Å². The molecule has 0 radical (unpaired) electrons. The molecule has 0 spiro atoms. The molecule has 3 aromatic rings. The first-order chi connectivity index (χ1) is 21.9. The van der Waals surface area contributed by atoms with Gasteiger partial charge >= 0.3 is 11.9 Å². The van der Waals surface area contributed by atoms with Gasteiger partial charge in [-0.2, -0.15) is 10.2 Å². The van der Waals surface area contributed by atoms with Crippen LogP contribution in [0.3, 0.4) is 0 Å². The first-order valence-electron chi connectivity index (χ1n) is 16.4. The predicted octanol–water partition coefficient (Wildman–Crippen LogP) is 11.1. The monoisotopic (exact) mass is 618 g/mol. The fraction of sp³-hybridized carbons (Fsp3) is 0.459. The molecule has 0 heterocycles. The highest BCUT2D eigenvalue weighted by Crippen LogP contribution is 2.24. The van der Waals surface area contributed by atoms with E-state index in [4.69, 9.17) is 14.2 Å². The van der Waals surface area contributed by atoms with Gasteiger partial charge in [-0.15, -0.1) is 0 Å². The van der Waals surface area contributed by atoms with Gasteiger partial charge in [0.25, 0.3) is 0 Å². The van der Waals surface area contributed by atoms with E-state index in [1.165, 1.54) is 56.4 Å². The van der Waals surface area contributed by atoms with Crippen molar-refractivity contribution in [3.05, 3.63) is 83.7 Å². The predicted molar refractivity (Wildman–Crippen MR) is 176 cm³/mol. The summed E-state index contributed by atoms with van der Waals surface area (Å²) in [6.07, 6.45) is 12.9. The first kappa shape index (κ1) is 35.4. The molecule has 8 heteroatoms. The lowest BCUT2D eigenvalue weighted by Crippen LogP contribution is -2.18. The van der Waals surface area contributed by atoms with Crippen molar-refractivity contribution in [3.8, 4) is 11.5 Å². The number of carbonyl (C=O) groups is 2. The zero-order chi connectivity index (χ0) is 32.3. The lowest BCUT2D eigenvalue weighted by atomic mass is 10.1. The Kier molecular flexibility index (Phi) is 15.8. The van der Waals surface area contributed by atoms with Gasteiger partial charge in [0, 0.05) is 0 Å². The molecule has 3 rings (SSSR count). The van der Waals surface area contributed by atoms with E-state index < -0.39 is 17.8 Å². The van der Waals surface area contributed by atoms with Gasteiger partial charge in [0.1, 0.15) is 11.9 Å². The van der Waals surface area contributed by atoms with Crippen LogP contribution in [0.25, 0.3) is 0 Å². The minimum Gasteiger partial charge on any atom is -0.494 e. The molecular weight excluding hydrogens is 571 g/mol. The maximum atomic E-state index is 14.8. The molecule has 0 bridgehead atoms. The number of esters is 2. The van der Waals surface area contributed by atoms with Gasteiger partial charge < -0.3 is 14.2 Å². The minimum atomic E-state index is -0.821. The number of benzene rings is 3. The Balaban J connectivity index is 1.47. The fourth-order valence-corrected chi connectivity index (χ4v) is 4.70. The standard InChI is InChI=1S/C37H47FN2O5/c1-4-7-9-11-12-14-26-43-33-23-21-31(22-24-33)40-39-30-19-16-28(17-20-30)36(41)45-35-25-18-29(27-34(35)38)37(42)44-32(6-3)15-13-10-8-5-2/h16-25,27,32H,4-15,26H2,1-3H3/t32-/m0/s1. The molecule has 0 saturated heterocycles. The molecule has 7 nitrogen and oxygen atoms in total. The summed E-state index contributed by atoms with van der Waals surface area (Å²) in [6, 6.07) is 17.4. The number of halogens is 1. The van der Waals surface area contributed by atoms with Crippen molar-refractivity contribution in [1.29, 1.82) is 0 Å². The molecule has 45 heavy (non-hydrogen) atoms. The zero-order valence-electron chi connectivity index (χ0n) is 26.9. The molecule has 0 aromatic heterocycles. The van der Waals surface area contributed by atoms with Crippen LogP contribution in [0.4, 0.5) is 15.8 Å². The van der Waals surface area contributed by atoms with Gasteiger partial charge in [0.2, 0.25) is 0 Å². The molecule has 0 aliphatic carbocycles. The van der Waals surface area contributed by atoms with Crippen molar-refractivity contribution in [2.24, 2.45) is 10.2 Å². The van der Waals surface area contributed by atoms with Crippen molar-refractivity contribution in [2.45, 2.75) is 104 Å². The van der Waals surface area contributed by atoms with Crippen LogP contribution in [0.15, 0.2) is 77.0 Å².